The molecular weight excluding hydrogens is 236 g/mol. The molecule has 0 spiro atoms. The molecule has 0 saturated heterocycles. The first-order valence-corrected chi connectivity index (χ1v) is 8.40. The summed E-state index contributed by atoms with van der Waals surface area (Å²) in [7, 11) is -2.86. The number of Topliss-reactive ketones (excluding diaryl/α,β-unsaturated/α-hetero) is 1. The normalized spacial score (nSPS) is 33.9. The van der Waals surface area contributed by atoms with Gasteiger partial charge in [0.1, 0.15) is 5.78 Å². The van der Waals surface area contributed by atoms with Crippen molar-refractivity contribution in [3.05, 3.63) is 0 Å². The third kappa shape index (κ3) is 2.90. The summed E-state index contributed by atoms with van der Waals surface area (Å²) in [5, 5.41) is -0.0567. The Kier molecular flexibility index (Phi) is 3.62. The van der Waals surface area contributed by atoms with Crippen LogP contribution < -0.4 is 0 Å². The lowest BCUT2D eigenvalue weighted by Crippen LogP contribution is -2.19. The number of hydrogen-bond acceptors (Lipinski definition) is 3. The maximum absolute atomic E-state index is 11.9. The second-order valence-corrected chi connectivity index (χ2v) is 8.10. The van der Waals surface area contributed by atoms with E-state index in [0.717, 1.165) is 25.7 Å². The molecular formula is C13H22O3S. The molecule has 2 fully saturated rings. The van der Waals surface area contributed by atoms with E-state index < -0.39 is 9.84 Å². The second-order valence-electron chi connectivity index (χ2n) is 5.77. The molecule has 98 valence electrons. The number of hydrogen-bond donors (Lipinski definition) is 0. The summed E-state index contributed by atoms with van der Waals surface area (Å²) in [6, 6.07) is 0. The average Bonchev–Trinajstić information content (AvgIpc) is 3.04. The molecule has 3 nitrogen and oxygen atoms in total. The lowest BCUT2D eigenvalue weighted by molar-refractivity contribution is -0.123. The van der Waals surface area contributed by atoms with Crippen molar-refractivity contribution in [1.82, 2.24) is 0 Å². The van der Waals surface area contributed by atoms with Crippen molar-refractivity contribution >= 4 is 15.6 Å². The quantitative estimate of drug-likeness (QED) is 0.759. The number of carbonyl (C=O) groups excluding carboxylic acids is 1. The Hall–Kier alpha value is -0.380. The molecule has 0 unspecified atom stereocenters. The van der Waals surface area contributed by atoms with Crippen LogP contribution in [0.15, 0.2) is 0 Å². The van der Waals surface area contributed by atoms with Crippen molar-refractivity contribution in [3.63, 3.8) is 0 Å². The van der Waals surface area contributed by atoms with Crippen LogP contribution in [0.1, 0.15) is 46.0 Å². The van der Waals surface area contributed by atoms with Gasteiger partial charge in [0.25, 0.3) is 0 Å². The first-order chi connectivity index (χ1) is 7.94. The summed E-state index contributed by atoms with van der Waals surface area (Å²) in [4.78, 5) is 11.7. The summed E-state index contributed by atoms with van der Waals surface area (Å²) in [6.07, 6.45) is 3.98. The third-order valence-corrected chi connectivity index (χ3v) is 6.66. The zero-order valence-corrected chi connectivity index (χ0v) is 11.5. The van der Waals surface area contributed by atoms with Gasteiger partial charge in [-0.15, -0.1) is 0 Å². The minimum absolute atomic E-state index is 0.0567. The van der Waals surface area contributed by atoms with Crippen LogP contribution in [0.4, 0.5) is 0 Å². The fraction of sp³-hybridized carbons (Fsp3) is 0.923. The molecule has 0 bridgehead atoms. The Morgan fingerprint density at radius 3 is 2.41 bits per heavy atom. The number of rotatable bonds is 5. The average molecular weight is 258 g/mol. The molecule has 2 aliphatic carbocycles. The van der Waals surface area contributed by atoms with Gasteiger partial charge in [0.2, 0.25) is 0 Å². The third-order valence-electron chi connectivity index (χ3n) is 4.24. The van der Waals surface area contributed by atoms with E-state index in [2.05, 4.69) is 6.92 Å². The van der Waals surface area contributed by atoms with Crippen molar-refractivity contribution in [2.45, 2.75) is 51.2 Å². The summed E-state index contributed by atoms with van der Waals surface area (Å²) >= 11 is 0. The van der Waals surface area contributed by atoms with Crippen LogP contribution >= 0.6 is 0 Å². The van der Waals surface area contributed by atoms with Crippen LogP contribution in [0, 0.1) is 17.8 Å². The van der Waals surface area contributed by atoms with Crippen molar-refractivity contribution < 1.29 is 13.2 Å². The van der Waals surface area contributed by atoms with E-state index in [1.54, 1.807) is 0 Å². The van der Waals surface area contributed by atoms with Gasteiger partial charge in [0, 0.05) is 12.3 Å². The topological polar surface area (TPSA) is 51.2 Å². The van der Waals surface area contributed by atoms with Crippen LogP contribution in [0.5, 0.6) is 0 Å². The molecule has 0 radical (unpaired) electrons. The highest BCUT2D eigenvalue weighted by molar-refractivity contribution is 7.92. The highest BCUT2D eigenvalue weighted by atomic mass is 32.2. The molecule has 2 aliphatic rings. The van der Waals surface area contributed by atoms with E-state index in [4.69, 9.17) is 0 Å². The molecule has 0 aromatic heterocycles. The van der Waals surface area contributed by atoms with E-state index >= 15 is 0 Å². The fourth-order valence-corrected chi connectivity index (χ4v) is 5.17. The first kappa shape index (κ1) is 13.1. The molecule has 17 heavy (non-hydrogen) atoms. The van der Waals surface area contributed by atoms with Gasteiger partial charge in [0.05, 0.1) is 11.0 Å². The Balaban J connectivity index is 1.95. The molecule has 0 amide bonds. The van der Waals surface area contributed by atoms with Gasteiger partial charge in [-0.05, 0) is 37.5 Å². The molecule has 0 aromatic rings. The van der Waals surface area contributed by atoms with Gasteiger partial charge < -0.3 is 0 Å². The predicted molar refractivity (Wildman–Crippen MR) is 67.5 cm³/mol. The van der Waals surface area contributed by atoms with Crippen LogP contribution in [0.3, 0.4) is 0 Å². The highest BCUT2D eigenvalue weighted by Gasteiger charge is 2.41. The monoisotopic (exact) mass is 258 g/mol. The smallest absolute Gasteiger partial charge is 0.153 e. The SMILES string of the molecule is CCC(=O)[C@H]1C[C@@H](CS(=O)(=O)C2CC2)C[C@H]1C. The summed E-state index contributed by atoms with van der Waals surface area (Å²) < 4.78 is 23.8. The van der Waals surface area contributed by atoms with Crippen molar-refractivity contribution in [2.24, 2.45) is 17.8 Å². The van der Waals surface area contributed by atoms with Gasteiger partial charge in [-0.25, -0.2) is 8.42 Å². The minimum atomic E-state index is -2.86. The Bertz CT molecular complexity index is 395. The Labute approximate surface area is 104 Å². The van der Waals surface area contributed by atoms with Gasteiger partial charge in [0.15, 0.2) is 9.84 Å². The maximum atomic E-state index is 11.9. The largest absolute Gasteiger partial charge is 0.299 e. The van der Waals surface area contributed by atoms with Crippen LogP contribution in [0.25, 0.3) is 0 Å². The molecule has 2 rings (SSSR count). The van der Waals surface area contributed by atoms with Gasteiger partial charge in [-0.3, -0.25) is 4.79 Å². The predicted octanol–water partition coefficient (Wildman–Crippen LogP) is 2.21. The number of carbonyl (C=O) groups is 1. The lowest BCUT2D eigenvalue weighted by Gasteiger charge is -2.11. The van der Waals surface area contributed by atoms with Gasteiger partial charge in [-0.1, -0.05) is 13.8 Å². The lowest BCUT2D eigenvalue weighted by atomic mass is 9.92. The Morgan fingerprint density at radius 2 is 1.88 bits per heavy atom. The molecule has 0 aliphatic heterocycles. The van der Waals surface area contributed by atoms with Gasteiger partial charge >= 0.3 is 0 Å². The van der Waals surface area contributed by atoms with Crippen molar-refractivity contribution in [1.29, 1.82) is 0 Å². The number of ketones is 1. The Morgan fingerprint density at radius 1 is 1.24 bits per heavy atom. The minimum Gasteiger partial charge on any atom is -0.299 e. The summed E-state index contributed by atoms with van der Waals surface area (Å²) in [5.41, 5.74) is 0. The maximum Gasteiger partial charge on any atom is 0.153 e. The highest BCUT2D eigenvalue weighted by Crippen LogP contribution is 2.40. The van der Waals surface area contributed by atoms with Crippen molar-refractivity contribution in [2.75, 3.05) is 5.75 Å². The van der Waals surface area contributed by atoms with Crippen LogP contribution in [-0.4, -0.2) is 25.2 Å². The summed E-state index contributed by atoms with van der Waals surface area (Å²) in [5.74, 6) is 1.32. The zero-order chi connectivity index (χ0) is 12.6. The van der Waals surface area contributed by atoms with Crippen LogP contribution in [-0.2, 0) is 14.6 Å². The summed E-state index contributed by atoms with van der Waals surface area (Å²) in [6.45, 7) is 3.98. The molecule has 2 saturated carbocycles. The molecule has 0 aromatic carbocycles. The molecule has 0 N–H and O–H groups in total. The molecule has 3 atom stereocenters. The van der Waals surface area contributed by atoms with E-state index in [0.29, 0.717) is 23.9 Å². The van der Waals surface area contributed by atoms with Crippen LogP contribution in [0.2, 0.25) is 0 Å². The fourth-order valence-electron chi connectivity index (χ4n) is 3.12. The van der Waals surface area contributed by atoms with E-state index in [1.165, 1.54) is 0 Å². The van der Waals surface area contributed by atoms with Crippen molar-refractivity contribution in [3.8, 4) is 0 Å². The number of sulfone groups is 1. The zero-order valence-electron chi connectivity index (χ0n) is 10.7. The first-order valence-electron chi connectivity index (χ1n) is 6.68. The van der Waals surface area contributed by atoms with E-state index in [9.17, 15) is 13.2 Å². The molecule has 0 heterocycles. The standard InChI is InChI=1S/C13H22O3S/c1-3-13(14)12-7-10(6-9(12)2)8-17(15,16)11-4-5-11/h9-12H,3-8H2,1-2H3/t9-,10+,12+/m1/s1. The van der Waals surface area contributed by atoms with E-state index in [-0.39, 0.29) is 17.1 Å². The van der Waals surface area contributed by atoms with Gasteiger partial charge in [-0.2, -0.15) is 0 Å². The van der Waals surface area contributed by atoms with E-state index in [1.807, 2.05) is 6.92 Å². The molecule has 4 heteroatoms. The second kappa shape index (κ2) is 4.71.